The maximum absolute atomic E-state index is 10.9. The Bertz CT molecular complexity index is 800. The average molecular weight is 286 g/mol. The minimum absolute atomic E-state index is 0.0168. The normalized spacial score (nSPS) is 10.8. The maximum atomic E-state index is 10.9. The Morgan fingerprint density at radius 3 is 2.85 bits per heavy atom. The van der Waals surface area contributed by atoms with Crippen LogP contribution >= 0.6 is 11.8 Å². The number of carbonyl (C=O) groups is 1. The number of pyridine rings is 2. The summed E-state index contributed by atoms with van der Waals surface area (Å²) in [5.74, 6) is -1.04. The highest BCUT2D eigenvalue weighted by atomic mass is 32.2. The van der Waals surface area contributed by atoms with E-state index in [1.807, 2.05) is 17.7 Å². The Balaban J connectivity index is 2.01. The summed E-state index contributed by atoms with van der Waals surface area (Å²) in [6, 6.07) is 5.17. The van der Waals surface area contributed by atoms with Crippen LogP contribution in [0.15, 0.2) is 46.8 Å². The molecule has 20 heavy (non-hydrogen) atoms. The van der Waals surface area contributed by atoms with Crippen LogP contribution in [0.25, 0.3) is 11.0 Å². The smallest absolute Gasteiger partial charge is 0.354 e. The zero-order valence-corrected chi connectivity index (χ0v) is 11.3. The fraction of sp³-hybridized carbons (Fsp3) is 0.0769. The molecule has 0 bridgehead atoms. The van der Waals surface area contributed by atoms with E-state index in [0.717, 1.165) is 21.0 Å². The average Bonchev–Trinajstić information content (AvgIpc) is 2.82. The molecule has 3 aromatic heterocycles. The second-order valence-corrected chi connectivity index (χ2v) is 5.19. The van der Waals surface area contributed by atoms with Gasteiger partial charge in [-0.05, 0) is 18.2 Å². The Morgan fingerprint density at radius 2 is 2.05 bits per heavy atom. The van der Waals surface area contributed by atoms with Gasteiger partial charge in [0.1, 0.15) is 16.2 Å². The number of hydrogen-bond acceptors (Lipinski definition) is 5. The van der Waals surface area contributed by atoms with Crippen LogP contribution in [-0.4, -0.2) is 30.6 Å². The van der Waals surface area contributed by atoms with Crippen molar-refractivity contribution >= 4 is 28.8 Å². The van der Waals surface area contributed by atoms with Gasteiger partial charge in [0.2, 0.25) is 0 Å². The molecule has 0 unspecified atom stereocenters. The molecule has 0 saturated heterocycles. The molecule has 0 amide bonds. The van der Waals surface area contributed by atoms with E-state index in [0.29, 0.717) is 0 Å². The molecule has 3 aromatic rings. The van der Waals surface area contributed by atoms with Crippen LogP contribution in [0, 0.1) is 0 Å². The summed E-state index contributed by atoms with van der Waals surface area (Å²) in [5, 5.41) is 9.69. The van der Waals surface area contributed by atoms with E-state index in [9.17, 15) is 4.79 Å². The Hall–Kier alpha value is -2.41. The lowest BCUT2D eigenvalue weighted by Crippen LogP contribution is -1.99. The number of fused-ring (bicyclic) bond motifs is 1. The number of hydrogen-bond donors (Lipinski definition) is 1. The molecule has 0 aliphatic carbocycles. The molecular weight excluding hydrogens is 276 g/mol. The summed E-state index contributed by atoms with van der Waals surface area (Å²) < 4.78 is 1.91. The number of nitrogens with zero attached hydrogens (tertiary/aromatic N) is 4. The van der Waals surface area contributed by atoms with Gasteiger partial charge >= 0.3 is 5.97 Å². The third-order valence-corrected chi connectivity index (χ3v) is 3.76. The number of aromatic carboxylic acids is 1. The van der Waals surface area contributed by atoms with E-state index >= 15 is 0 Å². The number of aromatic nitrogens is 4. The van der Waals surface area contributed by atoms with E-state index < -0.39 is 5.97 Å². The predicted octanol–water partition coefficient (Wildman–Crippen LogP) is 2.21. The predicted molar refractivity (Wildman–Crippen MR) is 73.8 cm³/mol. The molecule has 0 aliphatic rings. The monoisotopic (exact) mass is 286 g/mol. The maximum Gasteiger partial charge on any atom is 0.354 e. The quantitative estimate of drug-likeness (QED) is 0.795. The van der Waals surface area contributed by atoms with E-state index in [2.05, 4.69) is 15.0 Å². The lowest BCUT2D eigenvalue weighted by Gasteiger charge is -2.03. The molecule has 0 fully saturated rings. The molecule has 0 saturated carbocycles. The fourth-order valence-corrected chi connectivity index (χ4v) is 2.71. The second kappa shape index (κ2) is 4.93. The van der Waals surface area contributed by atoms with E-state index in [1.165, 1.54) is 24.0 Å². The zero-order valence-electron chi connectivity index (χ0n) is 10.5. The van der Waals surface area contributed by atoms with Crippen molar-refractivity contribution in [3.63, 3.8) is 0 Å². The van der Waals surface area contributed by atoms with E-state index in [1.54, 1.807) is 18.6 Å². The molecule has 3 rings (SSSR count). The van der Waals surface area contributed by atoms with Gasteiger partial charge in [0.15, 0.2) is 0 Å². The molecule has 6 nitrogen and oxygen atoms in total. The minimum atomic E-state index is -1.04. The summed E-state index contributed by atoms with van der Waals surface area (Å²) in [5.41, 5.74) is 1.80. The van der Waals surface area contributed by atoms with Gasteiger partial charge in [-0.1, -0.05) is 11.8 Å². The van der Waals surface area contributed by atoms with Crippen molar-refractivity contribution in [2.24, 2.45) is 7.05 Å². The van der Waals surface area contributed by atoms with Gasteiger partial charge in [0.05, 0.1) is 11.8 Å². The number of imidazole rings is 1. The third-order valence-electron chi connectivity index (χ3n) is 2.77. The van der Waals surface area contributed by atoms with Crippen molar-refractivity contribution in [2.45, 2.75) is 9.92 Å². The highest BCUT2D eigenvalue weighted by Gasteiger charge is 2.10. The van der Waals surface area contributed by atoms with Crippen molar-refractivity contribution in [1.82, 2.24) is 19.5 Å². The van der Waals surface area contributed by atoms with Crippen molar-refractivity contribution < 1.29 is 9.90 Å². The van der Waals surface area contributed by atoms with E-state index in [4.69, 9.17) is 5.11 Å². The molecule has 0 aromatic carbocycles. The first kappa shape index (κ1) is 12.6. The summed E-state index contributed by atoms with van der Waals surface area (Å²) in [6.07, 6.45) is 4.92. The molecule has 0 atom stereocenters. The largest absolute Gasteiger partial charge is 0.477 e. The highest BCUT2D eigenvalue weighted by Crippen LogP contribution is 2.30. The number of rotatable bonds is 3. The molecule has 1 N–H and O–H groups in total. The minimum Gasteiger partial charge on any atom is -0.477 e. The summed E-state index contributed by atoms with van der Waals surface area (Å²) in [6.45, 7) is 0. The van der Waals surface area contributed by atoms with Crippen LogP contribution in [0.2, 0.25) is 0 Å². The fourth-order valence-electron chi connectivity index (χ4n) is 1.82. The number of aryl methyl sites for hydroxylation is 1. The SMILES string of the molecule is Cn1cnc2c(Sc3ccnc(C(=O)O)c3)nccc21. The summed E-state index contributed by atoms with van der Waals surface area (Å²) in [7, 11) is 1.92. The van der Waals surface area contributed by atoms with Crippen LogP contribution in [0.5, 0.6) is 0 Å². The molecule has 0 aliphatic heterocycles. The lowest BCUT2D eigenvalue weighted by atomic mass is 10.3. The topological polar surface area (TPSA) is 80.9 Å². The Morgan fingerprint density at radius 1 is 1.25 bits per heavy atom. The van der Waals surface area contributed by atoms with Crippen molar-refractivity contribution in [3.05, 3.63) is 42.6 Å². The van der Waals surface area contributed by atoms with Crippen LogP contribution in [-0.2, 0) is 7.05 Å². The lowest BCUT2D eigenvalue weighted by molar-refractivity contribution is 0.0690. The second-order valence-electron chi connectivity index (χ2n) is 4.12. The summed E-state index contributed by atoms with van der Waals surface area (Å²) >= 11 is 1.37. The Labute approximate surface area is 118 Å². The highest BCUT2D eigenvalue weighted by molar-refractivity contribution is 7.99. The third kappa shape index (κ3) is 2.23. The molecule has 0 radical (unpaired) electrons. The van der Waals surface area contributed by atoms with E-state index in [-0.39, 0.29) is 5.69 Å². The molecule has 7 heteroatoms. The van der Waals surface area contributed by atoms with Gasteiger partial charge in [-0.25, -0.2) is 19.7 Å². The number of carboxylic acids is 1. The van der Waals surface area contributed by atoms with Crippen molar-refractivity contribution in [3.8, 4) is 0 Å². The van der Waals surface area contributed by atoms with Crippen LogP contribution in [0.1, 0.15) is 10.5 Å². The van der Waals surface area contributed by atoms with Gasteiger partial charge in [-0.3, -0.25) is 0 Å². The number of carboxylic acid groups (broad SMARTS) is 1. The van der Waals surface area contributed by atoms with Crippen LogP contribution < -0.4 is 0 Å². The molecule has 0 spiro atoms. The summed E-state index contributed by atoms with van der Waals surface area (Å²) in [4.78, 5) is 24.1. The van der Waals surface area contributed by atoms with Gasteiger partial charge < -0.3 is 9.67 Å². The van der Waals surface area contributed by atoms with Crippen LogP contribution in [0.4, 0.5) is 0 Å². The van der Waals surface area contributed by atoms with Crippen molar-refractivity contribution in [1.29, 1.82) is 0 Å². The Kier molecular flexibility index (Phi) is 3.11. The van der Waals surface area contributed by atoms with Crippen molar-refractivity contribution in [2.75, 3.05) is 0 Å². The first-order chi connectivity index (χ1) is 9.65. The molecular formula is C13H10N4O2S. The van der Waals surface area contributed by atoms with Gasteiger partial charge in [0.25, 0.3) is 0 Å². The standard InChI is InChI=1S/C13H10N4O2S/c1-17-7-16-11-10(17)3-5-15-12(11)20-8-2-4-14-9(6-8)13(18)19/h2-7H,1H3,(H,18,19). The van der Waals surface area contributed by atoms with Gasteiger partial charge in [-0.2, -0.15) is 0 Å². The first-order valence-corrected chi connectivity index (χ1v) is 6.60. The first-order valence-electron chi connectivity index (χ1n) is 5.78. The molecule has 3 heterocycles. The zero-order chi connectivity index (χ0) is 14.1. The van der Waals surface area contributed by atoms with Gasteiger partial charge in [0, 0.05) is 24.3 Å². The van der Waals surface area contributed by atoms with Crippen LogP contribution in [0.3, 0.4) is 0 Å². The van der Waals surface area contributed by atoms with Gasteiger partial charge in [-0.15, -0.1) is 0 Å². The molecule has 100 valence electrons.